The number of hydrogen-bond donors (Lipinski definition) is 5. The molecule has 31 heavy (non-hydrogen) atoms. The maximum absolute atomic E-state index is 12.8. The lowest BCUT2D eigenvalue weighted by Gasteiger charge is -2.27. The molecule has 1 aliphatic heterocycles. The highest BCUT2D eigenvalue weighted by molar-refractivity contribution is 6.36. The molecule has 0 radical (unpaired) electrons. The molecule has 1 aromatic heterocycles. The molecule has 1 aromatic carbocycles. The molecule has 0 saturated carbocycles. The quantitative estimate of drug-likeness (QED) is 0.338. The molecule has 0 spiro atoms. The molecule has 0 bridgehead atoms. The largest absolute Gasteiger partial charge is 0.402 e. The Hall–Kier alpha value is -3.20. The van der Waals surface area contributed by atoms with Crippen molar-refractivity contribution in [1.82, 2.24) is 20.8 Å². The van der Waals surface area contributed by atoms with E-state index in [-0.39, 0.29) is 28.8 Å². The Labute approximate surface area is 185 Å². The van der Waals surface area contributed by atoms with Crippen LogP contribution in [0.1, 0.15) is 31.9 Å². The van der Waals surface area contributed by atoms with E-state index in [1.165, 1.54) is 0 Å². The Balaban J connectivity index is 2.01. The van der Waals surface area contributed by atoms with Crippen molar-refractivity contribution in [3.8, 4) is 0 Å². The Bertz CT molecular complexity index is 1070. The second kappa shape index (κ2) is 8.89. The van der Waals surface area contributed by atoms with Crippen molar-refractivity contribution in [3.63, 3.8) is 0 Å². The van der Waals surface area contributed by atoms with E-state index in [1.54, 1.807) is 20.2 Å². The molecule has 2 aromatic rings. The number of H-pyrrole nitrogens is 1. The Morgan fingerprint density at radius 1 is 1.42 bits per heavy atom. The number of carbonyl (C=O) groups is 2. The topological polar surface area (TPSA) is 142 Å². The number of carbonyl (C=O) groups excluding carboxylic acids is 2. The van der Waals surface area contributed by atoms with Crippen LogP contribution in [0.15, 0.2) is 35.8 Å². The van der Waals surface area contributed by atoms with E-state index in [0.717, 1.165) is 28.6 Å². The van der Waals surface area contributed by atoms with Crippen molar-refractivity contribution in [2.45, 2.75) is 26.3 Å². The molecular weight excluding hydrogens is 418 g/mol. The van der Waals surface area contributed by atoms with Crippen LogP contribution in [0.4, 0.5) is 5.69 Å². The third kappa shape index (κ3) is 4.32. The van der Waals surface area contributed by atoms with Crippen molar-refractivity contribution in [1.29, 1.82) is 0 Å². The number of aromatic nitrogens is 2. The van der Waals surface area contributed by atoms with Gasteiger partial charge in [0.2, 0.25) is 5.91 Å². The third-order valence-corrected chi connectivity index (χ3v) is 5.88. The first kappa shape index (κ1) is 22.5. The van der Waals surface area contributed by atoms with Crippen LogP contribution in [0.5, 0.6) is 0 Å². The number of fused-ring (bicyclic) bond motifs is 1. The monoisotopic (exact) mass is 445 g/mol. The molecule has 2 unspecified atom stereocenters. The number of hydrogen-bond acceptors (Lipinski definition) is 6. The number of amides is 2. The predicted octanol–water partition coefficient (Wildman–Crippen LogP) is 1.67. The minimum atomic E-state index is -0.430. The van der Waals surface area contributed by atoms with Crippen molar-refractivity contribution in [3.05, 3.63) is 46.4 Å². The Kier molecular flexibility index (Phi) is 6.45. The minimum Gasteiger partial charge on any atom is -0.402 e. The number of aromatic amines is 1. The summed E-state index contributed by atoms with van der Waals surface area (Å²) >= 11 is 6.51. The average molecular weight is 446 g/mol. The van der Waals surface area contributed by atoms with E-state index in [2.05, 4.69) is 32.3 Å². The number of anilines is 1. The van der Waals surface area contributed by atoms with E-state index in [1.807, 2.05) is 13.0 Å². The Morgan fingerprint density at radius 3 is 2.74 bits per heavy atom. The number of allylic oxidation sites excluding steroid dienone is 1. The van der Waals surface area contributed by atoms with E-state index in [9.17, 15) is 9.59 Å². The first-order chi connectivity index (χ1) is 14.6. The fraction of sp³-hybridized carbons (Fsp3) is 0.381. The van der Waals surface area contributed by atoms with Crippen molar-refractivity contribution in [2.24, 2.45) is 17.4 Å². The highest BCUT2D eigenvalue weighted by atomic mass is 35.5. The summed E-state index contributed by atoms with van der Waals surface area (Å²) in [6, 6.07) is 1.39. The summed E-state index contributed by atoms with van der Waals surface area (Å²) in [5.41, 5.74) is 14.5. The normalized spacial score (nSPS) is 17.9. The van der Waals surface area contributed by atoms with Gasteiger partial charge >= 0.3 is 0 Å². The zero-order valence-electron chi connectivity index (χ0n) is 17.9. The Morgan fingerprint density at radius 2 is 2.13 bits per heavy atom. The first-order valence-corrected chi connectivity index (χ1v) is 10.4. The summed E-state index contributed by atoms with van der Waals surface area (Å²) in [6.07, 6.45) is 2.39. The summed E-state index contributed by atoms with van der Waals surface area (Å²) in [4.78, 5) is 27.1. The SMILES string of the molecule is C=C(N)/C(C(=O)NC(C)c1cc(Cl)c2cn[nH]c2c1N1CCC(C(=O)NC)C1)=C(\C)N. The van der Waals surface area contributed by atoms with Crippen LogP contribution >= 0.6 is 11.6 Å². The van der Waals surface area contributed by atoms with Gasteiger partial charge in [-0.2, -0.15) is 5.10 Å². The zero-order chi connectivity index (χ0) is 22.9. The number of nitrogens with zero attached hydrogens (tertiary/aromatic N) is 2. The highest BCUT2D eigenvalue weighted by Gasteiger charge is 2.32. The van der Waals surface area contributed by atoms with Gasteiger partial charge in [0.25, 0.3) is 5.91 Å². The third-order valence-electron chi connectivity index (χ3n) is 5.57. The summed E-state index contributed by atoms with van der Waals surface area (Å²) in [6.45, 7) is 8.33. The van der Waals surface area contributed by atoms with Crippen LogP contribution in [0, 0.1) is 5.92 Å². The molecule has 10 heteroatoms. The molecule has 9 nitrogen and oxygen atoms in total. The summed E-state index contributed by atoms with van der Waals surface area (Å²) in [7, 11) is 1.64. The van der Waals surface area contributed by atoms with Gasteiger partial charge in [-0.3, -0.25) is 14.7 Å². The van der Waals surface area contributed by atoms with Gasteiger partial charge in [0.1, 0.15) is 0 Å². The molecule has 2 amide bonds. The number of nitrogens with two attached hydrogens (primary N) is 2. The van der Waals surface area contributed by atoms with Gasteiger partial charge in [0, 0.05) is 42.5 Å². The minimum absolute atomic E-state index is 0.00915. The fourth-order valence-corrected chi connectivity index (χ4v) is 4.31. The molecule has 166 valence electrons. The van der Waals surface area contributed by atoms with Crippen LogP contribution in [0.2, 0.25) is 5.02 Å². The second-order valence-electron chi connectivity index (χ2n) is 7.78. The second-order valence-corrected chi connectivity index (χ2v) is 8.19. The molecule has 2 heterocycles. The van der Waals surface area contributed by atoms with Gasteiger partial charge in [0.15, 0.2) is 0 Å². The van der Waals surface area contributed by atoms with Crippen molar-refractivity contribution in [2.75, 3.05) is 25.0 Å². The summed E-state index contributed by atoms with van der Waals surface area (Å²) in [5, 5.41) is 14.1. The van der Waals surface area contributed by atoms with Crippen LogP contribution in [0.25, 0.3) is 10.9 Å². The number of halogens is 1. The molecule has 2 atom stereocenters. The standard InChI is InChI=1S/C21H28ClN7O2/c1-10(23)17(11(2)24)21(31)27-12(3)14-7-16(22)15-8-26-28-18(15)19(14)29-6-5-13(9-29)20(30)25-4/h7-8,12-13H,1,5-6,9,23-24H2,2-4H3,(H,25,30)(H,26,28)(H,27,31)/b17-11-. The van der Waals surface area contributed by atoms with Gasteiger partial charge in [-0.1, -0.05) is 18.2 Å². The molecular formula is C21H28ClN7O2. The molecule has 7 N–H and O–H groups in total. The predicted molar refractivity (Wildman–Crippen MR) is 122 cm³/mol. The van der Waals surface area contributed by atoms with Gasteiger partial charge < -0.3 is 27.0 Å². The van der Waals surface area contributed by atoms with Crippen molar-refractivity contribution >= 4 is 40.0 Å². The smallest absolute Gasteiger partial charge is 0.255 e. The van der Waals surface area contributed by atoms with Crippen LogP contribution in [-0.2, 0) is 9.59 Å². The molecule has 1 fully saturated rings. The zero-order valence-corrected chi connectivity index (χ0v) is 18.6. The van der Waals surface area contributed by atoms with E-state index in [4.69, 9.17) is 23.1 Å². The fourth-order valence-electron chi connectivity index (χ4n) is 4.05. The number of rotatable bonds is 6. The van der Waals surface area contributed by atoms with Gasteiger partial charge in [0.05, 0.1) is 40.0 Å². The van der Waals surface area contributed by atoms with Crippen LogP contribution in [0.3, 0.4) is 0 Å². The van der Waals surface area contributed by atoms with E-state index >= 15 is 0 Å². The average Bonchev–Trinajstić information content (AvgIpc) is 3.36. The lowest BCUT2D eigenvalue weighted by Crippen LogP contribution is -2.33. The molecule has 1 aliphatic rings. The molecule has 0 aliphatic carbocycles. The maximum atomic E-state index is 12.8. The molecule has 1 saturated heterocycles. The van der Waals surface area contributed by atoms with E-state index < -0.39 is 11.9 Å². The first-order valence-electron chi connectivity index (χ1n) is 9.99. The van der Waals surface area contributed by atoms with E-state index in [0.29, 0.717) is 18.1 Å². The van der Waals surface area contributed by atoms with Gasteiger partial charge in [-0.05, 0) is 26.3 Å². The number of benzene rings is 1. The van der Waals surface area contributed by atoms with Crippen molar-refractivity contribution < 1.29 is 9.59 Å². The van der Waals surface area contributed by atoms with Crippen LogP contribution < -0.4 is 27.0 Å². The lowest BCUT2D eigenvalue weighted by atomic mass is 10.0. The lowest BCUT2D eigenvalue weighted by molar-refractivity contribution is -0.123. The summed E-state index contributed by atoms with van der Waals surface area (Å²) in [5.74, 6) is -0.530. The van der Waals surface area contributed by atoms with Gasteiger partial charge in [-0.15, -0.1) is 0 Å². The molecule has 3 rings (SSSR count). The highest BCUT2D eigenvalue weighted by Crippen LogP contribution is 2.39. The summed E-state index contributed by atoms with van der Waals surface area (Å²) < 4.78 is 0. The van der Waals surface area contributed by atoms with Gasteiger partial charge in [-0.25, -0.2) is 0 Å². The number of nitrogens with one attached hydrogen (secondary N) is 3. The van der Waals surface area contributed by atoms with Crippen LogP contribution in [-0.4, -0.2) is 42.1 Å². The maximum Gasteiger partial charge on any atom is 0.255 e.